The number of guanidine groups is 1. The number of carbonyl (C=O) groups excluding carboxylic acids is 1. The molecule has 32 heavy (non-hydrogen) atoms. The molecule has 0 aliphatic carbocycles. The number of benzene rings is 1. The molecule has 11 heteroatoms. The van der Waals surface area contributed by atoms with Crippen LogP contribution in [0.2, 0.25) is 5.02 Å². The largest absolute Gasteiger partial charge is 0.459 e. The van der Waals surface area contributed by atoms with Crippen molar-refractivity contribution in [1.82, 2.24) is 25.3 Å². The van der Waals surface area contributed by atoms with Crippen molar-refractivity contribution in [3.8, 4) is 11.4 Å². The molecule has 1 saturated heterocycles. The topological polar surface area (TPSA) is 100 Å². The molecule has 1 amide bonds. The summed E-state index contributed by atoms with van der Waals surface area (Å²) in [5.74, 6) is 2.15. The molecular weight excluding hydrogens is 547 g/mol. The van der Waals surface area contributed by atoms with E-state index in [0.717, 1.165) is 11.5 Å². The van der Waals surface area contributed by atoms with E-state index >= 15 is 0 Å². The Hall–Kier alpha value is -2.60. The molecule has 1 aromatic carbocycles. The van der Waals surface area contributed by atoms with Crippen molar-refractivity contribution in [2.45, 2.75) is 6.42 Å². The lowest BCUT2D eigenvalue weighted by molar-refractivity contribution is 0.0657. The number of nitrogens with one attached hydrogen (secondary N) is 1. The number of furan rings is 1. The summed E-state index contributed by atoms with van der Waals surface area (Å²) < 4.78 is 10.6. The number of aliphatic imine (C=N–C) groups is 1. The first-order valence-corrected chi connectivity index (χ1v) is 10.4. The molecule has 0 unspecified atom stereocenters. The number of nitrogens with zero attached hydrogens (tertiary/aromatic N) is 5. The minimum atomic E-state index is -0.0829. The van der Waals surface area contributed by atoms with E-state index in [2.05, 4.69) is 25.3 Å². The molecule has 0 atom stereocenters. The number of carbonyl (C=O) groups is 1. The first kappa shape index (κ1) is 24.1. The highest BCUT2D eigenvalue weighted by molar-refractivity contribution is 14.0. The van der Waals surface area contributed by atoms with Crippen molar-refractivity contribution in [3.63, 3.8) is 0 Å². The number of hydrogen-bond donors (Lipinski definition) is 1. The third-order valence-electron chi connectivity index (χ3n) is 5.00. The van der Waals surface area contributed by atoms with Crippen LogP contribution >= 0.6 is 35.6 Å². The molecule has 0 bridgehead atoms. The number of hydrogen-bond acceptors (Lipinski definition) is 6. The molecule has 4 rings (SSSR count). The van der Waals surface area contributed by atoms with Crippen LogP contribution in [0.25, 0.3) is 11.4 Å². The molecule has 0 spiro atoms. The molecule has 1 N–H and O–H groups in total. The Kier molecular flexibility index (Phi) is 8.51. The average Bonchev–Trinajstić information content (AvgIpc) is 3.50. The lowest BCUT2D eigenvalue weighted by Gasteiger charge is -2.36. The maximum absolute atomic E-state index is 12.4. The second kappa shape index (κ2) is 11.3. The van der Waals surface area contributed by atoms with Crippen molar-refractivity contribution in [2.75, 3.05) is 39.8 Å². The summed E-state index contributed by atoms with van der Waals surface area (Å²) >= 11 is 5.92. The number of halogens is 2. The van der Waals surface area contributed by atoms with Gasteiger partial charge in [-0.1, -0.05) is 16.8 Å². The van der Waals surface area contributed by atoms with Crippen molar-refractivity contribution < 1.29 is 13.7 Å². The van der Waals surface area contributed by atoms with Crippen LogP contribution in [-0.4, -0.2) is 71.6 Å². The van der Waals surface area contributed by atoms with Crippen molar-refractivity contribution >= 4 is 47.4 Å². The maximum atomic E-state index is 12.4. The van der Waals surface area contributed by atoms with E-state index in [9.17, 15) is 4.79 Å². The summed E-state index contributed by atoms with van der Waals surface area (Å²) in [6.07, 6.45) is 2.08. The van der Waals surface area contributed by atoms with E-state index < -0.39 is 0 Å². The normalized spacial score (nSPS) is 14.2. The van der Waals surface area contributed by atoms with E-state index in [1.807, 2.05) is 12.1 Å². The molecular formula is C21H24ClIN6O3. The Morgan fingerprint density at radius 2 is 1.88 bits per heavy atom. The predicted octanol–water partition coefficient (Wildman–Crippen LogP) is 3.18. The predicted molar refractivity (Wildman–Crippen MR) is 131 cm³/mol. The zero-order valence-electron chi connectivity index (χ0n) is 17.5. The van der Waals surface area contributed by atoms with Gasteiger partial charge < -0.3 is 24.1 Å². The molecule has 1 fully saturated rings. The van der Waals surface area contributed by atoms with Gasteiger partial charge in [-0.2, -0.15) is 4.98 Å². The molecule has 1 aliphatic heterocycles. The van der Waals surface area contributed by atoms with Crippen molar-refractivity contribution in [1.29, 1.82) is 0 Å². The highest BCUT2D eigenvalue weighted by atomic mass is 127. The smallest absolute Gasteiger partial charge is 0.289 e. The van der Waals surface area contributed by atoms with Crippen LogP contribution in [0.15, 0.2) is 56.6 Å². The van der Waals surface area contributed by atoms with Gasteiger partial charge in [-0.3, -0.25) is 9.79 Å². The minimum absolute atomic E-state index is 0. The van der Waals surface area contributed by atoms with Gasteiger partial charge in [0, 0.05) is 56.8 Å². The molecule has 3 aromatic rings. The second-order valence-corrected chi connectivity index (χ2v) is 7.44. The first-order chi connectivity index (χ1) is 15.1. The molecule has 1 aliphatic rings. The van der Waals surface area contributed by atoms with Crippen molar-refractivity contribution in [3.05, 3.63) is 59.3 Å². The Balaban J connectivity index is 0.00000289. The number of piperazine rings is 1. The first-order valence-electron chi connectivity index (χ1n) is 10.0. The number of rotatable bonds is 5. The van der Waals surface area contributed by atoms with Crippen LogP contribution in [-0.2, 0) is 6.42 Å². The fourth-order valence-corrected chi connectivity index (χ4v) is 3.49. The summed E-state index contributed by atoms with van der Waals surface area (Å²) in [5, 5.41) is 8.01. The van der Waals surface area contributed by atoms with E-state index in [1.165, 1.54) is 6.26 Å². The summed E-state index contributed by atoms with van der Waals surface area (Å²) in [5.41, 5.74) is 0.852. The molecule has 3 heterocycles. The van der Waals surface area contributed by atoms with Crippen LogP contribution in [0, 0.1) is 0 Å². The van der Waals surface area contributed by atoms with Gasteiger partial charge in [0.2, 0.25) is 11.7 Å². The summed E-state index contributed by atoms with van der Waals surface area (Å²) in [4.78, 5) is 25.1. The fourth-order valence-electron chi connectivity index (χ4n) is 3.36. The van der Waals surface area contributed by atoms with Gasteiger partial charge in [-0.25, -0.2) is 0 Å². The van der Waals surface area contributed by atoms with E-state index in [4.69, 9.17) is 20.5 Å². The van der Waals surface area contributed by atoms with Gasteiger partial charge in [-0.15, -0.1) is 24.0 Å². The SMILES string of the molecule is CN=C(NCCc1nc(-c2ccc(Cl)cc2)no1)N1CCN(C(=O)c2ccco2)CC1.I. The zero-order valence-corrected chi connectivity index (χ0v) is 20.6. The van der Waals surface area contributed by atoms with Gasteiger partial charge >= 0.3 is 0 Å². The average molecular weight is 571 g/mol. The van der Waals surface area contributed by atoms with E-state index in [-0.39, 0.29) is 29.9 Å². The van der Waals surface area contributed by atoms with Gasteiger partial charge in [0.25, 0.3) is 5.91 Å². The zero-order chi connectivity index (χ0) is 21.6. The van der Waals surface area contributed by atoms with Crippen LogP contribution in [0.3, 0.4) is 0 Å². The molecule has 9 nitrogen and oxygen atoms in total. The Bertz CT molecular complexity index is 1030. The second-order valence-electron chi connectivity index (χ2n) is 7.00. The number of aromatic nitrogens is 2. The standard InChI is InChI=1S/C21H23ClN6O3.HI/c1-23-21(28-12-10-27(11-13-28)20(29)17-3-2-14-30-17)24-9-8-18-25-19(26-31-18)15-4-6-16(22)7-5-15;/h2-7,14H,8-13H2,1H3,(H,23,24);1H. The lowest BCUT2D eigenvalue weighted by Crippen LogP contribution is -2.54. The van der Waals surface area contributed by atoms with Gasteiger partial charge in [0.1, 0.15) is 0 Å². The van der Waals surface area contributed by atoms with Crippen LogP contribution in [0.1, 0.15) is 16.4 Å². The quantitative estimate of drug-likeness (QED) is 0.286. The van der Waals surface area contributed by atoms with Gasteiger partial charge in [0.15, 0.2) is 11.7 Å². The Morgan fingerprint density at radius 1 is 1.16 bits per heavy atom. The lowest BCUT2D eigenvalue weighted by atomic mass is 10.2. The van der Waals surface area contributed by atoms with Crippen LogP contribution in [0.5, 0.6) is 0 Å². The van der Waals surface area contributed by atoms with E-state index in [1.54, 1.807) is 36.2 Å². The molecule has 170 valence electrons. The monoisotopic (exact) mass is 570 g/mol. The molecule has 2 aromatic heterocycles. The fraction of sp³-hybridized carbons (Fsp3) is 0.333. The third-order valence-corrected chi connectivity index (χ3v) is 5.25. The third kappa shape index (κ3) is 5.80. The molecule has 0 radical (unpaired) electrons. The Morgan fingerprint density at radius 3 is 2.53 bits per heavy atom. The highest BCUT2D eigenvalue weighted by Crippen LogP contribution is 2.18. The number of amides is 1. The van der Waals surface area contributed by atoms with Crippen LogP contribution in [0.4, 0.5) is 0 Å². The summed E-state index contributed by atoms with van der Waals surface area (Å²) in [6.45, 7) is 3.18. The summed E-state index contributed by atoms with van der Waals surface area (Å²) in [6, 6.07) is 10.7. The van der Waals surface area contributed by atoms with E-state index in [0.29, 0.717) is 61.6 Å². The Labute approximate surface area is 207 Å². The minimum Gasteiger partial charge on any atom is -0.459 e. The highest BCUT2D eigenvalue weighted by Gasteiger charge is 2.25. The van der Waals surface area contributed by atoms with Crippen LogP contribution < -0.4 is 5.32 Å². The molecule has 0 saturated carbocycles. The summed E-state index contributed by atoms with van der Waals surface area (Å²) in [7, 11) is 1.74. The van der Waals surface area contributed by atoms with Gasteiger partial charge in [0.05, 0.1) is 6.26 Å². The van der Waals surface area contributed by atoms with Gasteiger partial charge in [-0.05, 0) is 36.4 Å². The van der Waals surface area contributed by atoms with Crippen molar-refractivity contribution in [2.24, 2.45) is 4.99 Å². The maximum Gasteiger partial charge on any atom is 0.289 e.